The van der Waals surface area contributed by atoms with E-state index < -0.39 is 33.8 Å². The number of sulfonamides is 1. The quantitative estimate of drug-likeness (QED) is 0.633. The average Bonchev–Trinajstić information content (AvgIpc) is 3.34. The molecule has 0 unspecified atom stereocenters. The van der Waals surface area contributed by atoms with E-state index in [2.05, 4.69) is 24.9 Å². The number of amides is 1. The second-order valence-electron chi connectivity index (χ2n) is 7.04. The fourth-order valence-electron chi connectivity index (χ4n) is 3.53. The molecule has 2 N–H and O–H groups in total. The van der Waals surface area contributed by atoms with Gasteiger partial charge in [-0.2, -0.15) is 5.10 Å². The SMILES string of the molecule is CS(=O)(=O)N[C@H]1C[C@@H](c2nc(-c3ccccc3)n[nH]2)N(C(=O)c2ncccc2F)C1. The van der Waals surface area contributed by atoms with Crippen LogP contribution in [-0.4, -0.2) is 58.2 Å². The highest BCUT2D eigenvalue weighted by atomic mass is 32.2. The Morgan fingerprint density at radius 2 is 2.00 bits per heavy atom. The molecular weight excluding hydrogens is 411 g/mol. The number of aromatic amines is 1. The molecule has 11 heteroatoms. The Kier molecular flexibility index (Phi) is 5.31. The molecule has 0 bridgehead atoms. The van der Waals surface area contributed by atoms with Gasteiger partial charge >= 0.3 is 0 Å². The van der Waals surface area contributed by atoms with E-state index in [1.165, 1.54) is 17.2 Å². The van der Waals surface area contributed by atoms with Crippen molar-refractivity contribution in [1.82, 2.24) is 29.8 Å². The second kappa shape index (κ2) is 7.92. The zero-order valence-corrected chi connectivity index (χ0v) is 16.8. The maximum atomic E-state index is 14.2. The summed E-state index contributed by atoms with van der Waals surface area (Å²) in [7, 11) is -3.50. The molecule has 1 aromatic carbocycles. The maximum Gasteiger partial charge on any atom is 0.276 e. The van der Waals surface area contributed by atoms with Gasteiger partial charge in [0.2, 0.25) is 10.0 Å². The van der Waals surface area contributed by atoms with E-state index in [1.807, 2.05) is 30.3 Å². The van der Waals surface area contributed by atoms with Crippen LogP contribution in [-0.2, 0) is 10.0 Å². The van der Waals surface area contributed by atoms with Crippen molar-refractivity contribution in [3.05, 3.63) is 66.0 Å². The van der Waals surface area contributed by atoms with Crippen LogP contribution in [0.4, 0.5) is 4.39 Å². The molecule has 2 atom stereocenters. The predicted molar refractivity (Wildman–Crippen MR) is 106 cm³/mol. The third-order valence-electron chi connectivity index (χ3n) is 4.75. The summed E-state index contributed by atoms with van der Waals surface area (Å²) in [5.74, 6) is -0.560. The van der Waals surface area contributed by atoms with Crippen LogP contribution in [0, 0.1) is 5.82 Å². The fraction of sp³-hybridized carbons (Fsp3) is 0.263. The first-order chi connectivity index (χ1) is 14.3. The van der Waals surface area contributed by atoms with Crippen molar-refractivity contribution in [3.8, 4) is 11.4 Å². The summed E-state index contributed by atoms with van der Waals surface area (Å²) in [4.78, 5) is 22.7. The van der Waals surface area contributed by atoms with E-state index in [0.29, 0.717) is 11.6 Å². The van der Waals surface area contributed by atoms with Gasteiger partial charge in [-0.05, 0) is 18.6 Å². The summed E-state index contributed by atoms with van der Waals surface area (Å²) in [6.45, 7) is 0.0496. The number of hydrogen-bond donors (Lipinski definition) is 2. The highest BCUT2D eigenvalue weighted by molar-refractivity contribution is 7.88. The molecule has 1 aliphatic rings. The Morgan fingerprint density at radius 1 is 1.23 bits per heavy atom. The molecule has 1 saturated heterocycles. The second-order valence-corrected chi connectivity index (χ2v) is 8.82. The number of H-pyrrole nitrogens is 1. The molecule has 1 fully saturated rings. The summed E-state index contributed by atoms with van der Waals surface area (Å²) >= 11 is 0. The first-order valence-electron chi connectivity index (χ1n) is 9.18. The lowest BCUT2D eigenvalue weighted by Gasteiger charge is -2.22. The maximum absolute atomic E-state index is 14.2. The Morgan fingerprint density at radius 3 is 2.70 bits per heavy atom. The number of carbonyl (C=O) groups excluding carboxylic acids is 1. The molecule has 4 rings (SSSR count). The number of likely N-dealkylation sites (tertiary alicyclic amines) is 1. The smallest absolute Gasteiger partial charge is 0.276 e. The minimum Gasteiger partial charge on any atom is -0.325 e. The number of halogens is 1. The molecule has 0 aliphatic carbocycles. The first-order valence-corrected chi connectivity index (χ1v) is 11.1. The lowest BCUT2D eigenvalue weighted by Crippen LogP contribution is -2.38. The zero-order chi connectivity index (χ0) is 21.3. The minimum atomic E-state index is -3.50. The monoisotopic (exact) mass is 430 g/mol. The van der Waals surface area contributed by atoms with Gasteiger partial charge in [-0.25, -0.2) is 27.5 Å². The van der Waals surface area contributed by atoms with Crippen molar-refractivity contribution >= 4 is 15.9 Å². The van der Waals surface area contributed by atoms with E-state index in [4.69, 9.17) is 0 Å². The molecule has 2 aromatic heterocycles. The molecule has 1 amide bonds. The normalized spacial score (nSPS) is 19.2. The number of aromatic nitrogens is 4. The number of benzene rings is 1. The number of hydrogen-bond acceptors (Lipinski definition) is 6. The van der Waals surface area contributed by atoms with Crippen molar-refractivity contribution in [1.29, 1.82) is 0 Å². The number of carbonyl (C=O) groups is 1. The third kappa shape index (κ3) is 4.21. The van der Waals surface area contributed by atoms with Gasteiger partial charge in [0.15, 0.2) is 17.3 Å². The minimum absolute atomic E-state index is 0.0496. The van der Waals surface area contributed by atoms with Crippen molar-refractivity contribution < 1.29 is 17.6 Å². The van der Waals surface area contributed by atoms with Crippen LogP contribution in [0.1, 0.15) is 28.8 Å². The Bertz CT molecular complexity index is 1170. The van der Waals surface area contributed by atoms with Crippen molar-refractivity contribution in [3.63, 3.8) is 0 Å². The first kappa shape index (κ1) is 20.1. The van der Waals surface area contributed by atoms with Gasteiger partial charge in [0.05, 0.1) is 12.3 Å². The standard InChI is InChI=1S/C19H19FN6O3S/c1-30(28,29)25-13-10-15(18-22-17(23-24-18)12-6-3-2-4-7-12)26(11-13)19(27)16-14(20)8-5-9-21-16/h2-9,13,15,25H,10-11H2,1H3,(H,22,23,24)/t13-,15-/m0/s1. The summed E-state index contributed by atoms with van der Waals surface area (Å²) in [5, 5.41) is 7.05. The summed E-state index contributed by atoms with van der Waals surface area (Å²) in [5.41, 5.74) is 0.461. The molecule has 0 radical (unpaired) electrons. The molecule has 0 saturated carbocycles. The van der Waals surface area contributed by atoms with Crippen LogP contribution in [0.15, 0.2) is 48.7 Å². The summed E-state index contributed by atoms with van der Waals surface area (Å²) in [6.07, 6.45) is 2.64. The van der Waals surface area contributed by atoms with E-state index in [9.17, 15) is 17.6 Å². The van der Waals surface area contributed by atoms with Gasteiger partial charge in [-0.1, -0.05) is 30.3 Å². The Balaban J connectivity index is 1.67. The average molecular weight is 430 g/mol. The van der Waals surface area contributed by atoms with Gasteiger partial charge in [0.1, 0.15) is 5.82 Å². The van der Waals surface area contributed by atoms with Gasteiger partial charge in [-0.15, -0.1) is 0 Å². The molecule has 30 heavy (non-hydrogen) atoms. The topological polar surface area (TPSA) is 121 Å². The molecule has 3 heterocycles. The number of pyridine rings is 1. The molecule has 156 valence electrons. The van der Waals surface area contributed by atoms with Crippen LogP contribution in [0.2, 0.25) is 0 Å². The molecular formula is C19H19FN6O3S. The number of nitrogens with zero attached hydrogens (tertiary/aromatic N) is 4. The lowest BCUT2D eigenvalue weighted by atomic mass is 10.1. The number of nitrogens with one attached hydrogen (secondary N) is 2. The van der Waals surface area contributed by atoms with Crippen LogP contribution in [0.25, 0.3) is 11.4 Å². The van der Waals surface area contributed by atoms with Crippen molar-refractivity contribution in [2.45, 2.75) is 18.5 Å². The summed E-state index contributed by atoms with van der Waals surface area (Å²) < 4.78 is 40.1. The summed E-state index contributed by atoms with van der Waals surface area (Å²) in [6, 6.07) is 10.7. The van der Waals surface area contributed by atoms with Crippen molar-refractivity contribution in [2.75, 3.05) is 12.8 Å². The highest BCUT2D eigenvalue weighted by Crippen LogP contribution is 2.32. The van der Waals surface area contributed by atoms with Crippen LogP contribution >= 0.6 is 0 Å². The van der Waals surface area contributed by atoms with Gasteiger partial charge in [0, 0.05) is 24.3 Å². The highest BCUT2D eigenvalue weighted by Gasteiger charge is 2.40. The fourth-order valence-corrected chi connectivity index (χ4v) is 4.30. The van der Waals surface area contributed by atoms with Crippen molar-refractivity contribution in [2.24, 2.45) is 0 Å². The van der Waals surface area contributed by atoms with Gasteiger partial charge < -0.3 is 4.90 Å². The van der Waals surface area contributed by atoms with Crippen LogP contribution in [0.3, 0.4) is 0 Å². The van der Waals surface area contributed by atoms with E-state index in [1.54, 1.807) is 0 Å². The zero-order valence-electron chi connectivity index (χ0n) is 16.0. The lowest BCUT2D eigenvalue weighted by molar-refractivity contribution is 0.0717. The van der Waals surface area contributed by atoms with Gasteiger partial charge in [-0.3, -0.25) is 9.89 Å². The van der Waals surface area contributed by atoms with E-state index in [0.717, 1.165) is 17.9 Å². The Hall–Kier alpha value is -3.18. The largest absolute Gasteiger partial charge is 0.325 e. The molecule has 0 spiro atoms. The predicted octanol–water partition coefficient (Wildman–Crippen LogP) is 1.51. The van der Waals surface area contributed by atoms with Crippen LogP contribution in [0.5, 0.6) is 0 Å². The number of rotatable bonds is 5. The molecule has 1 aliphatic heterocycles. The van der Waals surface area contributed by atoms with E-state index in [-0.39, 0.29) is 18.7 Å². The Labute approximate surface area is 172 Å². The molecule has 9 nitrogen and oxygen atoms in total. The molecule has 3 aromatic rings. The third-order valence-corrected chi connectivity index (χ3v) is 5.52. The van der Waals surface area contributed by atoms with E-state index >= 15 is 0 Å². The van der Waals surface area contributed by atoms with Crippen LogP contribution < -0.4 is 4.72 Å². The van der Waals surface area contributed by atoms with Gasteiger partial charge in [0.25, 0.3) is 5.91 Å².